The van der Waals surface area contributed by atoms with Crippen LogP contribution in [0.5, 0.6) is 5.75 Å². The van der Waals surface area contributed by atoms with Crippen molar-refractivity contribution >= 4 is 11.6 Å². The van der Waals surface area contributed by atoms with E-state index in [9.17, 15) is 13.6 Å². The Hall–Kier alpha value is -2.72. The number of fused-ring (bicyclic) bond motifs is 1. The summed E-state index contributed by atoms with van der Waals surface area (Å²) in [6.07, 6.45) is 0.591. The zero-order chi connectivity index (χ0) is 20.4. The zero-order valence-corrected chi connectivity index (χ0v) is 15.8. The van der Waals surface area contributed by atoms with Crippen LogP contribution in [0.1, 0.15) is 11.3 Å². The van der Waals surface area contributed by atoms with Gasteiger partial charge in [0.05, 0.1) is 31.1 Å². The normalized spacial score (nSPS) is 16.7. The Morgan fingerprint density at radius 2 is 1.86 bits per heavy atom. The topological polar surface area (TPSA) is 90.9 Å². The van der Waals surface area contributed by atoms with Gasteiger partial charge < -0.3 is 24.4 Å². The monoisotopic (exact) mass is 408 g/mol. The van der Waals surface area contributed by atoms with Gasteiger partial charge in [-0.25, -0.2) is 13.8 Å². The number of piperazine rings is 1. The molecule has 8 nitrogen and oxygen atoms in total. The minimum Gasteiger partial charge on any atom is -0.491 e. The Bertz CT molecular complexity index is 921. The SMILES string of the molecule is O=c1[nH]c(N2CCN(c3c(F)cc(OCCO)cc3F)CC2)nc2c1COCC2. The van der Waals surface area contributed by atoms with E-state index in [0.29, 0.717) is 50.7 Å². The summed E-state index contributed by atoms with van der Waals surface area (Å²) in [4.78, 5) is 23.1. The summed E-state index contributed by atoms with van der Waals surface area (Å²) < 4.78 is 39.3. The number of hydrogen-bond donors (Lipinski definition) is 2. The third-order valence-electron chi connectivity index (χ3n) is 5.06. The lowest BCUT2D eigenvalue weighted by Crippen LogP contribution is -2.48. The first-order valence-electron chi connectivity index (χ1n) is 9.49. The van der Waals surface area contributed by atoms with E-state index in [-0.39, 0.29) is 36.8 Å². The molecule has 2 aromatic rings. The Balaban J connectivity index is 1.47. The number of hydrogen-bond acceptors (Lipinski definition) is 7. The molecule has 0 amide bonds. The number of H-pyrrole nitrogens is 1. The highest BCUT2D eigenvalue weighted by Gasteiger charge is 2.25. The van der Waals surface area contributed by atoms with Crippen LogP contribution in [0.3, 0.4) is 0 Å². The van der Waals surface area contributed by atoms with E-state index < -0.39 is 11.6 Å². The van der Waals surface area contributed by atoms with Crippen LogP contribution in [-0.4, -0.2) is 61.1 Å². The molecule has 3 heterocycles. The molecule has 10 heteroatoms. The predicted molar refractivity (Wildman–Crippen MR) is 102 cm³/mol. The van der Waals surface area contributed by atoms with Gasteiger partial charge in [-0.1, -0.05) is 0 Å². The average Bonchev–Trinajstić information content (AvgIpc) is 2.72. The van der Waals surface area contributed by atoms with E-state index in [4.69, 9.17) is 14.6 Å². The molecular formula is C19H22F2N4O4. The van der Waals surface area contributed by atoms with Crippen molar-refractivity contribution in [2.45, 2.75) is 13.0 Å². The molecule has 0 bridgehead atoms. The maximum Gasteiger partial charge on any atom is 0.258 e. The average molecular weight is 408 g/mol. The van der Waals surface area contributed by atoms with Gasteiger partial charge in [-0.3, -0.25) is 9.78 Å². The first-order chi connectivity index (χ1) is 14.1. The minimum absolute atomic E-state index is 0.0327. The first-order valence-corrected chi connectivity index (χ1v) is 9.49. The van der Waals surface area contributed by atoms with Gasteiger partial charge in [0.25, 0.3) is 5.56 Å². The van der Waals surface area contributed by atoms with Crippen molar-refractivity contribution < 1.29 is 23.4 Å². The number of anilines is 2. The second-order valence-corrected chi connectivity index (χ2v) is 6.90. The second kappa shape index (κ2) is 8.34. The van der Waals surface area contributed by atoms with Crippen LogP contribution in [0.15, 0.2) is 16.9 Å². The van der Waals surface area contributed by atoms with E-state index in [1.807, 2.05) is 4.90 Å². The summed E-state index contributed by atoms with van der Waals surface area (Å²) in [5.74, 6) is -0.918. The van der Waals surface area contributed by atoms with E-state index >= 15 is 0 Å². The van der Waals surface area contributed by atoms with Crippen LogP contribution in [0, 0.1) is 11.6 Å². The molecule has 2 N–H and O–H groups in total. The number of rotatable bonds is 5. The summed E-state index contributed by atoms with van der Waals surface area (Å²) in [6.45, 7) is 2.19. The maximum atomic E-state index is 14.5. The molecule has 0 radical (unpaired) electrons. The summed E-state index contributed by atoms with van der Waals surface area (Å²) in [6, 6.07) is 2.23. The van der Waals surface area contributed by atoms with E-state index in [1.165, 1.54) is 0 Å². The highest BCUT2D eigenvalue weighted by atomic mass is 19.1. The van der Waals surface area contributed by atoms with Gasteiger partial charge in [-0.15, -0.1) is 0 Å². The van der Waals surface area contributed by atoms with Crippen LogP contribution in [0.4, 0.5) is 20.4 Å². The van der Waals surface area contributed by atoms with Crippen molar-refractivity contribution in [1.29, 1.82) is 0 Å². The lowest BCUT2D eigenvalue weighted by atomic mass is 10.1. The molecule has 1 fully saturated rings. The lowest BCUT2D eigenvalue weighted by molar-refractivity contribution is 0.108. The fourth-order valence-electron chi connectivity index (χ4n) is 3.61. The molecule has 0 atom stereocenters. The van der Waals surface area contributed by atoms with Crippen LogP contribution in [0.25, 0.3) is 0 Å². The van der Waals surface area contributed by atoms with Gasteiger partial charge in [0, 0.05) is 44.7 Å². The molecule has 1 saturated heterocycles. The Kier molecular flexibility index (Phi) is 5.63. The van der Waals surface area contributed by atoms with E-state index in [2.05, 4.69) is 9.97 Å². The van der Waals surface area contributed by atoms with Crippen molar-refractivity contribution in [3.05, 3.63) is 45.4 Å². The third kappa shape index (κ3) is 4.03. The minimum atomic E-state index is -0.716. The number of halogens is 2. The fraction of sp³-hybridized carbons (Fsp3) is 0.474. The van der Waals surface area contributed by atoms with Crippen molar-refractivity contribution in [2.75, 3.05) is 55.8 Å². The molecule has 2 aliphatic heterocycles. The highest BCUT2D eigenvalue weighted by Crippen LogP contribution is 2.29. The molecule has 4 rings (SSSR count). The van der Waals surface area contributed by atoms with Gasteiger partial charge in [0.15, 0.2) is 11.6 Å². The van der Waals surface area contributed by atoms with E-state index in [0.717, 1.165) is 17.8 Å². The second-order valence-electron chi connectivity index (χ2n) is 6.90. The number of benzene rings is 1. The largest absolute Gasteiger partial charge is 0.491 e. The Morgan fingerprint density at radius 1 is 1.17 bits per heavy atom. The van der Waals surface area contributed by atoms with Gasteiger partial charge in [0.1, 0.15) is 18.0 Å². The van der Waals surface area contributed by atoms with Crippen LogP contribution in [-0.2, 0) is 17.8 Å². The standard InChI is InChI=1S/C19H22F2N4O4/c20-14-9-12(29-8-6-26)10-15(21)17(14)24-2-4-25(5-3-24)19-22-16-1-7-28-11-13(16)18(27)23-19/h9-10,26H,1-8,11H2,(H,22,23,27). The Morgan fingerprint density at radius 3 is 2.55 bits per heavy atom. The molecule has 0 spiro atoms. The molecule has 2 aliphatic rings. The smallest absolute Gasteiger partial charge is 0.258 e. The first kappa shape index (κ1) is 19.6. The number of aliphatic hydroxyl groups excluding tert-OH is 1. The fourth-order valence-corrected chi connectivity index (χ4v) is 3.61. The van der Waals surface area contributed by atoms with Crippen molar-refractivity contribution in [3.8, 4) is 5.75 Å². The third-order valence-corrected chi connectivity index (χ3v) is 5.06. The van der Waals surface area contributed by atoms with Crippen molar-refractivity contribution in [2.24, 2.45) is 0 Å². The van der Waals surface area contributed by atoms with Gasteiger partial charge in [-0.2, -0.15) is 0 Å². The maximum absolute atomic E-state index is 14.5. The number of ether oxygens (including phenoxy) is 2. The summed E-state index contributed by atoms with van der Waals surface area (Å²) in [5.41, 5.74) is 0.993. The van der Waals surface area contributed by atoms with Crippen molar-refractivity contribution in [1.82, 2.24) is 9.97 Å². The van der Waals surface area contributed by atoms with Gasteiger partial charge >= 0.3 is 0 Å². The van der Waals surface area contributed by atoms with Crippen LogP contribution >= 0.6 is 0 Å². The van der Waals surface area contributed by atoms with Gasteiger partial charge in [-0.05, 0) is 0 Å². The highest BCUT2D eigenvalue weighted by molar-refractivity contribution is 5.53. The number of aromatic nitrogens is 2. The Labute approximate surface area is 165 Å². The molecule has 0 saturated carbocycles. The lowest BCUT2D eigenvalue weighted by Gasteiger charge is -2.36. The van der Waals surface area contributed by atoms with Crippen LogP contribution < -0.4 is 20.1 Å². The molecule has 0 unspecified atom stereocenters. The van der Waals surface area contributed by atoms with E-state index in [1.54, 1.807) is 4.90 Å². The predicted octanol–water partition coefficient (Wildman–Crippen LogP) is 0.818. The quantitative estimate of drug-likeness (QED) is 0.757. The number of nitrogens with one attached hydrogen (secondary N) is 1. The molecule has 1 aromatic carbocycles. The summed E-state index contributed by atoms with van der Waals surface area (Å²) in [7, 11) is 0. The molecule has 1 aromatic heterocycles. The summed E-state index contributed by atoms with van der Waals surface area (Å²) >= 11 is 0. The van der Waals surface area contributed by atoms with Gasteiger partial charge in [0.2, 0.25) is 5.95 Å². The van der Waals surface area contributed by atoms with Crippen LogP contribution in [0.2, 0.25) is 0 Å². The number of aliphatic hydroxyl groups is 1. The molecule has 156 valence electrons. The molecule has 0 aliphatic carbocycles. The van der Waals surface area contributed by atoms with Crippen molar-refractivity contribution in [3.63, 3.8) is 0 Å². The molecular weight excluding hydrogens is 386 g/mol. The summed E-state index contributed by atoms with van der Waals surface area (Å²) in [5, 5.41) is 8.77. The number of nitrogens with zero attached hydrogens (tertiary/aromatic N) is 3. The number of aromatic amines is 1. The molecule has 29 heavy (non-hydrogen) atoms. The zero-order valence-electron chi connectivity index (χ0n) is 15.8.